The second-order valence-electron chi connectivity index (χ2n) is 5.58. The van der Waals surface area contributed by atoms with Crippen molar-refractivity contribution in [2.45, 2.75) is 26.4 Å². The first-order chi connectivity index (χ1) is 9.88. The molecule has 0 bridgehead atoms. The van der Waals surface area contributed by atoms with Crippen LogP contribution in [0.25, 0.3) is 0 Å². The van der Waals surface area contributed by atoms with Crippen LogP contribution in [0.1, 0.15) is 31.9 Å². The predicted molar refractivity (Wildman–Crippen MR) is 81.1 cm³/mol. The van der Waals surface area contributed by atoms with Crippen LogP contribution in [0.4, 0.5) is 4.39 Å². The van der Waals surface area contributed by atoms with Crippen molar-refractivity contribution in [2.24, 2.45) is 5.92 Å². The van der Waals surface area contributed by atoms with E-state index >= 15 is 0 Å². The zero-order chi connectivity index (χ0) is 15.6. The molecule has 1 heterocycles. The fourth-order valence-corrected chi connectivity index (χ4v) is 2.83. The molecular formula is C15H18Cl2FNO2. The van der Waals surface area contributed by atoms with Crippen LogP contribution in [0, 0.1) is 11.7 Å². The highest BCUT2D eigenvalue weighted by molar-refractivity contribution is 6.35. The van der Waals surface area contributed by atoms with E-state index in [1.807, 2.05) is 13.8 Å². The molecule has 0 saturated carbocycles. The van der Waals surface area contributed by atoms with Gasteiger partial charge in [-0.15, -0.1) is 0 Å². The highest BCUT2D eigenvalue weighted by Crippen LogP contribution is 2.32. The third-order valence-corrected chi connectivity index (χ3v) is 4.01. The van der Waals surface area contributed by atoms with Crippen LogP contribution in [-0.4, -0.2) is 30.5 Å². The van der Waals surface area contributed by atoms with E-state index in [-0.39, 0.29) is 10.9 Å². The minimum Gasteiger partial charge on any atom is -0.370 e. The van der Waals surface area contributed by atoms with Crippen molar-refractivity contribution in [3.63, 3.8) is 0 Å². The fraction of sp³-hybridized carbons (Fsp3) is 0.533. The topological polar surface area (TPSA) is 29.5 Å². The molecule has 1 aliphatic heterocycles. The maximum atomic E-state index is 13.6. The molecule has 116 valence electrons. The van der Waals surface area contributed by atoms with Gasteiger partial charge in [0.25, 0.3) is 0 Å². The van der Waals surface area contributed by atoms with E-state index < -0.39 is 11.9 Å². The second kappa shape index (κ2) is 6.95. The number of benzene rings is 1. The monoisotopic (exact) mass is 333 g/mol. The van der Waals surface area contributed by atoms with Crippen LogP contribution in [0.5, 0.6) is 0 Å². The quantitative estimate of drug-likeness (QED) is 0.780. The van der Waals surface area contributed by atoms with Crippen LogP contribution >= 0.6 is 23.2 Å². The lowest BCUT2D eigenvalue weighted by atomic mass is 10.1. The molecule has 1 fully saturated rings. The van der Waals surface area contributed by atoms with Crippen molar-refractivity contribution >= 4 is 29.1 Å². The summed E-state index contributed by atoms with van der Waals surface area (Å²) in [7, 11) is 0. The number of nitrogens with zero attached hydrogens (tertiary/aromatic N) is 1. The average Bonchev–Trinajstić information content (AvgIpc) is 2.42. The van der Waals surface area contributed by atoms with Gasteiger partial charge in [0.1, 0.15) is 11.9 Å². The zero-order valence-corrected chi connectivity index (χ0v) is 13.5. The van der Waals surface area contributed by atoms with Gasteiger partial charge in [0.15, 0.2) is 0 Å². The Bertz CT molecular complexity index is 537. The summed E-state index contributed by atoms with van der Waals surface area (Å²) < 4.78 is 19.3. The predicted octanol–water partition coefficient (Wildman–Crippen LogP) is 4.08. The zero-order valence-electron chi connectivity index (χ0n) is 12.0. The van der Waals surface area contributed by atoms with E-state index in [0.717, 1.165) is 0 Å². The molecule has 0 N–H and O–H groups in total. The molecular weight excluding hydrogens is 316 g/mol. The van der Waals surface area contributed by atoms with Gasteiger partial charge in [-0.05, 0) is 18.1 Å². The molecule has 1 amide bonds. The Hall–Kier alpha value is -0.840. The smallest absolute Gasteiger partial charge is 0.223 e. The fourth-order valence-electron chi connectivity index (χ4n) is 2.33. The van der Waals surface area contributed by atoms with E-state index in [2.05, 4.69) is 0 Å². The van der Waals surface area contributed by atoms with Crippen molar-refractivity contribution < 1.29 is 13.9 Å². The summed E-state index contributed by atoms with van der Waals surface area (Å²) in [4.78, 5) is 13.9. The third kappa shape index (κ3) is 4.09. The van der Waals surface area contributed by atoms with Crippen LogP contribution in [0.15, 0.2) is 12.1 Å². The summed E-state index contributed by atoms with van der Waals surface area (Å²) in [5.74, 6) is -0.149. The molecule has 1 aromatic rings. The van der Waals surface area contributed by atoms with E-state index in [4.69, 9.17) is 27.9 Å². The summed E-state index contributed by atoms with van der Waals surface area (Å²) in [6, 6.07) is 2.65. The normalized spacial score (nSPS) is 19.1. The summed E-state index contributed by atoms with van der Waals surface area (Å²) >= 11 is 11.8. The Morgan fingerprint density at radius 1 is 1.43 bits per heavy atom. The minimum absolute atomic E-state index is 0.0210. The van der Waals surface area contributed by atoms with Crippen LogP contribution in [0.2, 0.25) is 10.0 Å². The van der Waals surface area contributed by atoms with Crippen LogP contribution < -0.4 is 0 Å². The molecule has 1 saturated heterocycles. The maximum Gasteiger partial charge on any atom is 0.223 e. The maximum absolute atomic E-state index is 13.6. The first-order valence-corrected chi connectivity index (χ1v) is 7.68. The van der Waals surface area contributed by atoms with Crippen LogP contribution in [-0.2, 0) is 9.53 Å². The highest BCUT2D eigenvalue weighted by Gasteiger charge is 2.27. The second-order valence-corrected chi connectivity index (χ2v) is 6.40. The van der Waals surface area contributed by atoms with Gasteiger partial charge < -0.3 is 9.64 Å². The number of morpholine rings is 1. The molecule has 0 aliphatic carbocycles. The number of carbonyl (C=O) groups is 1. The van der Waals surface area contributed by atoms with E-state index in [1.54, 1.807) is 4.90 Å². The number of carbonyl (C=O) groups excluding carboxylic acids is 1. The molecule has 1 aromatic carbocycles. The van der Waals surface area contributed by atoms with Gasteiger partial charge in [0, 0.05) is 23.6 Å². The average molecular weight is 334 g/mol. The molecule has 6 heteroatoms. The van der Waals surface area contributed by atoms with Gasteiger partial charge in [-0.2, -0.15) is 0 Å². The number of halogens is 3. The Labute approximate surface area is 134 Å². The molecule has 0 radical (unpaired) electrons. The minimum atomic E-state index is -0.537. The van der Waals surface area contributed by atoms with Gasteiger partial charge in [-0.1, -0.05) is 37.0 Å². The number of ether oxygens (including phenoxy) is 1. The number of hydrogen-bond acceptors (Lipinski definition) is 2. The molecule has 0 spiro atoms. The number of rotatable bonds is 3. The summed E-state index contributed by atoms with van der Waals surface area (Å²) in [6.07, 6.45) is 0.0734. The highest BCUT2D eigenvalue weighted by atomic mass is 35.5. The van der Waals surface area contributed by atoms with Crippen molar-refractivity contribution in [2.75, 3.05) is 19.7 Å². The lowest BCUT2D eigenvalue weighted by Crippen LogP contribution is -2.42. The van der Waals surface area contributed by atoms with Crippen molar-refractivity contribution in [1.82, 2.24) is 4.90 Å². The Morgan fingerprint density at radius 2 is 2.14 bits per heavy atom. The first-order valence-electron chi connectivity index (χ1n) is 6.92. The summed E-state index contributed by atoms with van der Waals surface area (Å²) in [5, 5.41) is 0.330. The largest absolute Gasteiger partial charge is 0.370 e. The van der Waals surface area contributed by atoms with Crippen molar-refractivity contribution in [1.29, 1.82) is 0 Å². The number of amides is 1. The third-order valence-electron chi connectivity index (χ3n) is 3.39. The Balaban J connectivity index is 2.14. The molecule has 1 atom stereocenters. The lowest BCUT2D eigenvalue weighted by molar-refractivity contribution is -0.139. The van der Waals surface area contributed by atoms with E-state index in [1.165, 1.54) is 12.1 Å². The van der Waals surface area contributed by atoms with E-state index in [0.29, 0.717) is 42.6 Å². The molecule has 1 aliphatic rings. The standard InChI is InChI=1S/C15H18Cl2FNO2/c1-9(2)5-15(20)19-3-4-21-14(8-19)10-6-13(18)12(17)7-11(10)16/h6-7,9,14H,3-5,8H2,1-2H3. The van der Waals surface area contributed by atoms with Crippen molar-refractivity contribution in [3.05, 3.63) is 33.6 Å². The summed E-state index contributed by atoms with van der Waals surface area (Å²) in [6.45, 7) is 5.35. The lowest BCUT2D eigenvalue weighted by Gasteiger charge is -2.34. The number of hydrogen-bond donors (Lipinski definition) is 0. The Morgan fingerprint density at radius 3 is 2.81 bits per heavy atom. The summed E-state index contributed by atoms with van der Waals surface area (Å²) in [5.41, 5.74) is 0.528. The molecule has 3 nitrogen and oxygen atoms in total. The van der Waals surface area contributed by atoms with Crippen LogP contribution in [0.3, 0.4) is 0 Å². The van der Waals surface area contributed by atoms with Crippen molar-refractivity contribution in [3.8, 4) is 0 Å². The van der Waals surface area contributed by atoms with Gasteiger partial charge in [-0.25, -0.2) is 4.39 Å². The molecule has 0 aromatic heterocycles. The Kier molecular flexibility index (Phi) is 5.47. The van der Waals surface area contributed by atoms with E-state index in [9.17, 15) is 9.18 Å². The van der Waals surface area contributed by atoms with Gasteiger partial charge in [0.2, 0.25) is 5.91 Å². The van der Waals surface area contributed by atoms with Gasteiger partial charge >= 0.3 is 0 Å². The van der Waals surface area contributed by atoms with Gasteiger partial charge in [0.05, 0.1) is 18.2 Å². The molecule has 1 unspecified atom stereocenters. The first kappa shape index (κ1) is 16.5. The molecule has 21 heavy (non-hydrogen) atoms. The SMILES string of the molecule is CC(C)CC(=O)N1CCOC(c2cc(F)c(Cl)cc2Cl)C1. The molecule has 2 rings (SSSR count). The van der Waals surface area contributed by atoms with Gasteiger partial charge in [-0.3, -0.25) is 4.79 Å².